The molecule has 22 heavy (non-hydrogen) atoms. The van der Waals surface area contributed by atoms with Gasteiger partial charge in [0.15, 0.2) is 0 Å². The van der Waals surface area contributed by atoms with Crippen molar-refractivity contribution in [2.75, 3.05) is 6.54 Å². The Balaban J connectivity index is 2.56. The molecule has 0 aliphatic heterocycles. The smallest absolute Gasteiger partial charge is 0.416 e. The zero-order valence-corrected chi connectivity index (χ0v) is 11.4. The maximum atomic E-state index is 12.4. The fourth-order valence-electron chi connectivity index (χ4n) is 1.43. The Morgan fingerprint density at radius 1 is 1.18 bits per heavy atom. The second kappa shape index (κ2) is 6.92. The molecule has 1 atom stereocenters. The lowest BCUT2D eigenvalue weighted by Gasteiger charge is -2.10. The highest BCUT2D eigenvalue weighted by molar-refractivity contribution is 5.96. The SMILES string of the molecule is C[C@@H](NC(=O)CNC(=O)c1ccc(C(F)(F)F)cc1)C(=O)O. The second-order valence-corrected chi connectivity index (χ2v) is 4.39. The molecule has 0 saturated carbocycles. The minimum atomic E-state index is -4.50. The number of aliphatic carboxylic acids is 1. The van der Waals surface area contributed by atoms with Crippen molar-refractivity contribution in [3.05, 3.63) is 35.4 Å². The molecular formula is C13H13F3N2O4. The minimum absolute atomic E-state index is 0.0490. The average Bonchev–Trinajstić information content (AvgIpc) is 2.43. The molecule has 0 unspecified atom stereocenters. The summed E-state index contributed by atoms with van der Waals surface area (Å²) in [5.41, 5.74) is -0.941. The average molecular weight is 318 g/mol. The summed E-state index contributed by atoms with van der Waals surface area (Å²) in [5.74, 6) is -2.70. The van der Waals surface area contributed by atoms with Crippen molar-refractivity contribution in [3.8, 4) is 0 Å². The third kappa shape index (κ3) is 5.08. The third-order valence-corrected chi connectivity index (χ3v) is 2.63. The van der Waals surface area contributed by atoms with Crippen LogP contribution in [0.2, 0.25) is 0 Å². The van der Waals surface area contributed by atoms with E-state index in [1.54, 1.807) is 0 Å². The van der Waals surface area contributed by atoms with Crippen LogP contribution in [0.3, 0.4) is 0 Å². The van der Waals surface area contributed by atoms with Gasteiger partial charge in [-0.1, -0.05) is 0 Å². The lowest BCUT2D eigenvalue weighted by molar-refractivity contribution is -0.141. The van der Waals surface area contributed by atoms with E-state index in [1.807, 2.05) is 0 Å². The van der Waals surface area contributed by atoms with E-state index in [9.17, 15) is 27.6 Å². The predicted molar refractivity (Wildman–Crippen MR) is 69.0 cm³/mol. The largest absolute Gasteiger partial charge is 0.480 e. The summed E-state index contributed by atoms with van der Waals surface area (Å²) in [6.45, 7) is 0.759. The Kier molecular flexibility index (Phi) is 5.50. The molecule has 1 aromatic carbocycles. The molecule has 3 N–H and O–H groups in total. The summed E-state index contributed by atoms with van der Waals surface area (Å²) in [6, 6.07) is 2.35. The molecule has 0 radical (unpaired) electrons. The van der Waals surface area contributed by atoms with Crippen LogP contribution in [0.5, 0.6) is 0 Å². The van der Waals surface area contributed by atoms with Crippen molar-refractivity contribution >= 4 is 17.8 Å². The van der Waals surface area contributed by atoms with Gasteiger partial charge in [0.2, 0.25) is 5.91 Å². The fourth-order valence-corrected chi connectivity index (χ4v) is 1.43. The van der Waals surface area contributed by atoms with Crippen LogP contribution in [0.15, 0.2) is 24.3 Å². The molecule has 0 fully saturated rings. The monoisotopic (exact) mass is 318 g/mol. The van der Waals surface area contributed by atoms with Gasteiger partial charge in [0.05, 0.1) is 12.1 Å². The van der Waals surface area contributed by atoms with Gasteiger partial charge in [-0.3, -0.25) is 14.4 Å². The van der Waals surface area contributed by atoms with Crippen molar-refractivity contribution in [3.63, 3.8) is 0 Å². The van der Waals surface area contributed by atoms with E-state index in [2.05, 4.69) is 10.6 Å². The summed E-state index contributed by atoms with van der Waals surface area (Å²) in [7, 11) is 0. The molecule has 0 heterocycles. The van der Waals surface area contributed by atoms with Crippen molar-refractivity contribution in [2.24, 2.45) is 0 Å². The number of carbonyl (C=O) groups excluding carboxylic acids is 2. The van der Waals surface area contributed by atoms with E-state index in [0.29, 0.717) is 0 Å². The lowest BCUT2D eigenvalue weighted by atomic mass is 10.1. The Labute approximate surface area is 123 Å². The van der Waals surface area contributed by atoms with Gasteiger partial charge < -0.3 is 15.7 Å². The lowest BCUT2D eigenvalue weighted by Crippen LogP contribution is -2.44. The number of carbonyl (C=O) groups is 3. The first-order valence-corrected chi connectivity index (χ1v) is 6.09. The highest BCUT2D eigenvalue weighted by atomic mass is 19.4. The number of carboxylic acids is 1. The topological polar surface area (TPSA) is 95.5 Å². The van der Waals surface area contributed by atoms with Gasteiger partial charge in [-0.2, -0.15) is 13.2 Å². The van der Waals surface area contributed by atoms with Crippen molar-refractivity contribution in [1.82, 2.24) is 10.6 Å². The van der Waals surface area contributed by atoms with Crippen LogP contribution >= 0.6 is 0 Å². The zero-order chi connectivity index (χ0) is 16.9. The number of amides is 2. The van der Waals surface area contributed by atoms with E-state index in [1.165, 1.54) is 6.92 Å². The molecular weight excluding hydrogens is 305 g/mol. The number of hydrogen-bond donors (Lipinski definition) is 3. The first-order valence-electron chi connectivity index (χ1n) is 6.09. The van der Waals surface area contributed by atoms with E-state index in [-0.39, 0.29) is 5.56 Å². The molecule has 0 bridgehead atoms. The normalized spacial score (nSPS) is 12.4. The number of hydrogen-bond acceptors (Lipinski definition) is 3. The molecule has 0 aromatic heterocycles. The van der Waals surface area contributed by atoms with Crippen molar-refractivity contribution in [1.29, 1.82) is 0 Å². The highest BCUT2D eigenvalue weighted by Crippen LogP contribution is 2.28. The van der Waals surface area contributed by atoms with E-state index in [4.69, 9.17) is 5.11 Å². The first kappa shape index (κ1) is 17.5. The molecule has 6 nitrogen and oxygen atoms in total. The number of rotatable bonds is 5. The summed E-state index contributed by atoms with van der Waals surface area (Å²) in [5, 5.41) is 12.9. The number of carboxylic acid groups (broad SMARTS) is 1. The number of nitrogens with one attached hydrogen (secondary N) is 2. The Bertz CT molecular complexity index is 570. The van der Waals surface area contributed by atoms with Gasteiger partial charge in [-0.15, -0.1) is 0 Å². The second-order valence-electron chi connectivity index (χ2n) is 4.39. The molecule has 120 valence electrons. The van der Waals surface area contributed by atoms with Crippen LogP contribution in [0.25, 0.3) is 0 Å². The minimum Gasteiger partial charge on any atom is -0.480 e. The zero-order valence-electron chi connectivity index (χ0n) is 11.4. The Hall–Kier alpha value is -2.58. The molecule has 9 heteroatoms. The standard InChI is InChI=1S/C13H13F3N2O4/c1-7(12(21)22)18-10(19)6-17-11(20)8-2-4-9(5-3-8)13(14,15)16/h2-5,7H,6H2,1H3,(H,17,20)(H,18,19)(H,21,22)/t7-/m1/s1. The summed E-state index contributed by atoms with van der Waals surface area (Å²) < 4.78 is 37.1. The van der Waals surface area contributed by atoms with Crippen LogP contribution in [0.4, 0.5) is 13.2 Å². The number of halogens is 3. The number of alkyl halides is 3. The van der Waals surface area contributed by atoms with Crippen LogP contribution < -0.4 is 10.6 Å². The van der Waals surface area contributed by atoms with Crippen LogP contribution in [0.1, 0.15) is 22.8 Å². The third-order valence-electron chi connectivity index (χ3n) is 2.63. The molecule has 0 saturated heterocycles. The van der Waals surface area contributed by atoms with Gasteiger partial charge in [0.25, 0.3) is 5.91 Å². The van der Waals surface area contributed by atoms with Gasteiger partial charge >= 0.3 is 12.1 Å². The summed E-state index contributed by atoms with van der Waals surface area (Å²) in [4.78, 5) is 33.5. The van der Waals surface area contributed by atoms with Gasteiger partial charge in [0, 0.05) is 5.56 Å². The van der Waals surface area contributed by atoms with Crippen LogP contribution in [0, 0.1) is 0 Å². The maximum Gasteiger partial charge on any atom is 0.416 e. The first-order chi connectivity index (χ1) is 10.1. The molecule has 0 spiro atoms. The summed E-state index contributed by atoms with van der Waals surface area (Å²) in [6.07, 6.45) is -4.50. The fraction of sp³-hybridized carbons (Fsp3) is 0.308. The predicted octanol–water partition coefficient (Wildman–Crippen LogP) is 1.02. The van der Waals surface area contributed by atoms with Gasteiger partial charge in [0.1, 0.15) is 6.04 Å². The highest BCUT2D eigenvalue weighted by Gasteiger charge is 2.30. The molecule has 1 rings (SSSR count). The Morgan fingerprint density at radius 2 is 1.73 bits per heavy atom. The van der Waals surface area contributed by atoms with E-state index >= 15 is 0 Å². The molecule has 2 amide bonds. The molecule has 0 aliphatic carbocycles. The van der Waals surface area contributed by atoms with Gasteiger partial charge in [-0.25, -0.2) is 0 Å². The van der Waals surface area contributed by atoms with Crippen LogP contribution in [-0.4, -0.2) is 35.5 Å². The summed E-state index contributed by atoms with van der Waals surface area (Å²) >= 11 is 0. The number of benzene rings is 1. The maximum absolute atomic E-state index is 12.4. The van der Waals surface area contributed by atoms with E-state index < -0.39 is 42.1 Å². The molecule has 0 aliphatic rings. The van der Waals surface area contributed by atoms with E-state index in [0.717, 1.165) is 24.3 Å². The van der Waals surface area contributed by atoms with Crippen LogP contribution in [-0.2, 0) is 15.8 Å². The van der Waals surface area contributed by atoms with Crippen molar-refractivity contribution < 1.29 is 32.7 Å². The Morgan fingerprint density at radius 3 is 2.18 bits per heavy atom. The molecule has 1 aromatic rings. The van der Waals surface area contributed by atoms with Gasteiger partial charge in [-0.05, 0) is 31.2 Å². The van der Waals surface area contributed by atoms with Crippen molar-refractivity contribution in [2.45, 2.75) is 19.1 Å². The quantitative estimate of drug-likeness (QED) is 0.755.